The average Bonchev–Trinajstić information content (AvgIpc) is 2.64. The monoisotopic (exact) mass is 203 g/mol. The van der Waals surface area contributed by atoms with Crippen LogP contribution < -0.4 is 0 Å². The molecule has 0 aromatic rings. The Morgan fingerprint density at radius 2 is 1.79 bits per heavy atom. The van der Waals surface area contributed by atoms with E-state index in [4.69, 9.17) is 5.11 Å². The smallest absolute Gasteiger partial charge is 0.109 e. The summed E-state index contributed by atoms with van der Waals surface area (Å²) in [6.07, 6.45) is -1.31. The first-order valence-electron chi connectivity index (χ1n) is 5.07. The number of fused-ring (bicyclic) bond motifs is 1. The molecule has 5 nitrogen and oxygen atoms in total. The second kappa shape index (κ2) is 3.75. The summed E-state index contributed by atoms with van der Waals surface area (Å²) in [6.45, 7) is 0.595. The van der Waals surface area contributed by atoms with Gasteiger partial charge in [-0.25, -0.2) is 0 Å². The van der Waals surface area contributed by atoms with E-state index in [-0.39, 0.29) is 12.6 Å². The van der Waals surface area contributed by atoms with Crippen molar-refractivity contribution >= 4 is 0 Å². The summed E-state index contributed by atoms with van der Waals surface area (Å²) in [5.74, 6) is 0. The summed E-state index contributed by atoms with van der Waals surface area (Å²) < 4.78 is 0. The standard InChI is InChI=1S/C9H17NO4/c11-4-6-8(13)9(14)7(12)5-2-1-3-10(5)6/h5-9,11-14H,1-4H2/t5?,6-,7?,8?,9?/m1/s1. The SMILES string of the molecule is OC[C@@H]1C(O)C(O)C(O)C2CCCN21. The van der Waals surface area contributed by atoms with E-state index in [9.17, 15) is 15.3 Å². The Morgan fingerprint density at radius 1 is 1.07 bits per heavy atom. The van der Waals surface area contributed by atoms with Gasteiger partial charge in [-0.15, -0.1) is 0 Å². The summed E-state index contributed by atoms with van der Waals surface area (Å²) in [7, 11) is 0. The molecule has 5 atom stereocenters. The summed E-state index contributed by atoms with van der Waals surface area (Å²) in [5, 5.41) is 38.0. The topological polar surface area (TPSA) is 84.2 Å². The Bertz CT molecular complexity index is 213. The van der Waals surface area contributed by atoms with Gasteiger partial charge < -0.3 is 20.4 Å². The third-order valence-corrected chi connectivity index (χ3v) is 3.44. The second-order valence-corrected chi connectivity index (χ2v) is 4.17. The molecule has 82 valence electrons. The van der Waals surface area contributed by atoms with Crippen molar-refractivity contribution in [2.45, 2.75) is 43.2 Å². The summed E-state index contributed by atoms with van der Waals surface area (Å²) in [6, 6.07) is -0.536. The van der Waals surface area contributed by atoms with E-state index in [1.165, 1.54) is 0 Å². The van der Waals surface area contributed by atoms with E-state index in [0.717, 1.165) is 19.4 Å². The van der Waals surface area contributed by atoms with Gasteiger partial charge in [-0.2, -0.15) is 0 Å². The van der Waals surface area contributed by atoms with Gasteiger partial charge in [0.05, 0.1) is 18.8 Å². The molecule has 0 spiro atoms. The van der Waals surface area contributed by atoms with Crippen LogP contribution in [0.25, 0.3) is 0 Å². The normalized spacial score (nSPS) is 49.3. The largest absolute Gasteiger partial charge is 0.395 e. The van der Waals surface area contributed by atoms with Gasteiger partial charge in [0.25, 0.3) is 0 Å². The van der Waals surface area contributed by atoms with Crippen LogP contribution in [-0.4, -0.2) is 68.9 Å². The fraction of sp³-hybridized carbons (Fsp3) is 1.00. The number of nitrogens with zero attached hydrogens (tertiary/aromatic N) is 1. The number of hydrogen-bond donors (Lipinski definition) is 4. The lowest BCUT2D eigenvalue weighted by molar-refractivity contribution is -0.160. The molecular weight excluding hydrogens is 186 g/mol. The molecule has 2 aliphatic rings. The highest BCUT2D eigenvalue weighted by molar-refractivity contribution is 5.02. The van der Waals surface area contributed by atoms with Gasteiger partial charge in [0.1, 0.15) is 12.2 Å². The van der Waals surface area contributed by atoms with Crippen LogP contribution in [0.2, 0.25) is 0 Å². The summed E-state index contributed by atoms with van der Waals surface area (Å²) >= 11 is 0. The lowest BCUT2D eigenvalue weighted by Crippen LogP contribution is -2.65. The molecule has 2 fully saturated rings. The highest BCUT2D eigenvalue weighted by atomic mass is 16.4. The van der Waals surface area contributed by atoms with Gasteiger partial charge in [-0.3, -0.25) is 4.90 Å². The van der Waals surface area contributed by atoms with Gasteiger partial charge in [0.2, 0.25) is 0 Å². The predicted octanol–water partition coefficient (Wildman–Crippen LogP) is -2.09. The van der Waals surface area contributed by atoms with Crippen molar-refractivity contribution < 1.29 is 20.4 Å². The Hall–Kier alpha value is -0.200. The highest BCUT2D eigenvalue weighted by Crippen LogP contribution is 2.31. The number of aliphatic hydroxyl groups excluding tert-OH is 4. The van der Waals surface area contributed by atoms with Crippen LogP contribution in [0, 0.1) is 0 Å². The van der Waals surface area contributed by atoms with Crippen molar-refractivity contribution in [3.63, 3.8) is 0 Å². The second-order valence-electron chi connectivity index (χ2n) is 4.17. The van der Waals surface area contributed by atoms with Crippen molar-refractivity contribution in [2.75, 3.05) is 13.2 Å². The zero-order chi connectivity index (χ0) is 10.3. The van der Waals surface area contributed by atoms with Crippen LogP contribution in [0.1, 0.15) is 12.8 Å². The molecule has 0 amide bonds. The summed E-state index contributed by atoms with van der Waals surface area (Å²) in [5.41, 5.74) is 0. The minimum Gasteiger partial charge on any atom is -0.395 e. The van der Waals surface area contributed by atoms with Crippen LogP contribution >= 0.6 is 0 Å². The van der Waals surface area contributed by atoms with Crippen molar-refractivity contribution in [1.29, 1.82) is 0 Å². The molecule has 0 aromatic heterocycles. The minimum absolute atomic E-state index is 0.106. The van der Waals surface area contributed by atoms with Gasteiger partial charge in [0.15, 0.2) is 0 Å². The molecule has 2 saturated heterocycles. The Kier molecular flexibility index (Phi) is 2.77. The first kappa shape index (κ1) is 10.3. The van der Waals surface area contributed by atoms with E-state index in [1.807, 2.05) is 4.90 Å². The molecule has 4 unspecified atom stereocenters. The third-order valence-electron chi connectivity index (χ3n) is 3.44. The Morgan fingerprint density at radius 3 is 2.43 bits per heavy atom. The van der Waals surface area contributed by atoms with E-state index in [1.54, 1.807) is 0 Å². The van der Waals surface area contributed by atoms with E-state index in [0.29, 0.717) is 0 Å². The van der Waals surface area contributed by atoms with Gasteiger partial charge in [0, 0.05) is 6.04 Å². The maximum absolute atomic E-state index is 9.70. The zero-order valence-corrected chi connectivity index (χ0v) is 7.95. The number of hydrogen-bond acceptors (Lipinski definition) is 5. The minimum atomic E-state index is -1.13. The van der Waals surface area contributed by atoms with Crippen molar-refractivity contribution in [3.8, 4) is 0 Å². The Balaban J connectivity index is 2.19. The molecule has 0 aromatic carbocycles. The first-order chi connectivity index (χ1) is 6.66. The molecule has 0 radical (unpaired) electrons. The quantitative estimate of drug-likeness (QED) is 0.393. The molecule has 0 saturated carbocycles. The van der Waals surface area contributed by atoms with Gasteiger partial charge in [-0.05, 0) is 19.4 Å². The van der Waals surface area contributed by atoms with E-state index < -0.39 is 24.4 Å². The van der Waals surface area contributed by atoms with Crippen LogP contribution in [0.3, 0.4) is 0 Å². The van der Waals surface area contributed by atoms with Crippen LogP contribution in [-0.2, 0) is 0 Å². The maximum Gasteiger partial charge on any atom is 0.109 e. The molecule has 2 aliphatic heterocycles. The lowest BCUT2D eigenvalue weighted by atomic mass is 9.89. The molecule has 2 rings (SSSR count). The number of piperidine rings is 1. The highest BCUT2D eigenvalue weighted by Gasteiger charge is 2.48. The fourth-order valence-electron chi connectivity index (χ4n) is 2.66. The van der Waals surface area contributed by atoms with Crippen molar-refractivity contribution in [2.24, 2.45) is 0 Å². The lowest BCUT2D eigenvalue weighted by Gasteiger charge is -2.45. The molecule has 5 heteroatoms. The average molecular weight is 203 g/mol. The molecule has 2 heterocycles. The molecule has 0 aliphatic carbocycles. The van der Waals surface area contributed by atoms with Crippen LogP contribution in [0.4, 0.5) is 0 Å². The third kappa shape index (κ3) is 1.36. The zero-order valence-electron chi connectivity index (χ0n) is 7.95. The van der Waals surface area contributed by atoms with Crippen LogP contribution in [0.15, 0.2) is 0 Å². The maximum atomic E-state index is 9.70. The molecule has 14 heavy (non-hydrogen) atoms. The van der Waals surface area contributed by atoms with E-state index >= 15 is 0 Å². The number of aliphatic hydroxyl groups is 4. The Labute approximate surface area is 82.6 Å². The van der Waals surface area contributed by atoms with Crippen molar-refractivity contribution in [3.05, 3.63) is 0 Å². The van der Waals surface area contributed by atoms with Crippen molar-refractivity contribution in [1.82, 2.24) is 4.90 Å². The molecule has 4 N–H and O–H groups in total. The first-order valence-corrected chi connectivity index (χ1v) is 5.07. The molecular formula is C9H17NO4. The fourth-order valence-corrected chi connectivity index (χ4v) is 2.66. The van der Waals surface area contributed by atoms with Crippen LogP contribution in [0.5, 0.6) is 0 Å². The predicted molar refractivity (Wildman–Crippen MR) is 48.6 cm³/mol. The van der Waals surface area contributed by atoms with Gasteiger partial charge in [-0.1, -0.05) is 0 Å². The van der Waals surface area contributed by atoms with E-state index in [2.05, 4.69) is 0 Å². The molecule has 0 bridgehead atoms. The van der Waals surface area contributed by atoms with Gasteiger partial charge >= 0.3 is 0 Å². The number of rotatable bonds is 1. The summed E-state index contributed by atoms with van der Waals surface area (Å²) in [4.78, 5) is 1.90.